The van der Waals surface area contributed by atoms with Crippen molar-refractivity contribution in [2.24, 2.45) is 0 Å². The van der Waals surface area contributed by atoms with E-state index in [9.17, 15) is 17.6 Å². The van der Waals surface area contributed by atoms with Gasteiger partial charge in [0.05, 0.1) is 26.7 Å². The molecule has 0 unspecified atom stereocenters. The quantitative estimate of drug-likeness (QED) is 0.644. The maximum atomic E-state index is 14.0. The molecule has 0 spiro atoms. The third kappa shape index (κ3) is 1.79. The van der Waals surface area contributed by atoms with E-state index in [2.05, 4.69) is 19.2 Å². The summed E-state index contributed by atoms with van der Waals surface area (Å²) in [6.45, 7) is 0. The highest BCUT2D eigenvalue weighted by Gasteiger charge is 2.28. The van der Waals surface area contributed by atoms with Crippen molar-refractivity contribution < 1.29 is 31.8 Å². The number of nitrogens with zero attached hydrogens (tertiary/aromatic N) is 1. The monoisotopic (exact) mass is 291 g/mol. The molecule has 0 aliphatic rings. The molecule has 0 atom stereocenters. The van der Waals surface area contributed by atoms with Gasteiger partial charge in [-0.05, 0) is 0 Å². The van der Waals surface area contributed by atoms with E-state index in [0.717, 1.165) is 21.3 Å². The molecule has 0 fully saturated rings. The molecular formula is C12H9F4NO3. The number of ether oxygens (including phenoxy) is 3. The second-order valence-electron chi connectivity index (χ2n) is 3.67. The molecule has 0 N–H and O–H groups in total. The first-order valence-electron chi connectivity index (χ1n) is 5.29. The number of hydrogen-bond acceptors (Lipinski definition) is 4. The van der Waals surface area contributed by atoms with E-state index in [1.54, 1.807) is 0 Å². The highest BCUT2D eigenvalue weighted by atomic mass is 19.2. The number of aromatic nitrogens is 1. The Morgan fingerprint density at radius 1 is 0.700 bits per heavy atom. The van der Waals surface area contributed by atoms with E-state index in [-0.39, 0.29) is 0 Å². The van der Waals surface area contributed by atoms with Crippen molar-refractivity contribution in [1.82, 2.24) is 4.98 Å². The predicted molar refractivity (Wildman–Crippen MR) is 61.2 cm³/mol. The topological polar surface area (TPSA) is 40.6 Å². The Labute approximate surface area is 110 Å². The van der Waals surface area contributed by atoms with Gasteiger partial charge in [0.15, 0.2) is 23.1 Å². The molecule has 4 nitrogen and oxygen atoms in total. The number of pyridine rings is 1. The van der Waals surface area contributed by atoms with Gasteiger partial charge in [-0.2, -0.15) is 8.78 Å². The van der Waals surface area contributed by atoms with Crippen LogP contribution in [0.4, 0.5) is 17.6 Å². The maximum Gasteiger partial charge on any atom is 0.254 e. The summed E-state index contributed by atoms with van der Waals surface area (Å²) < 4.78 is 69.2. The Morgan fingerprint density at radius 2 is 1.30 bits per heavy atom. The Balaban J connectivity index is 3.06. The smallest absolute Gasteiger partial charge is 0.254 e. The number of fused-ring (bicyclic) bond motifs is 1. The van der Waals surface area contributed by atoms with Crippen LogP contribution in [-0.4, -0.2) is 26.3 Å². The maximum absolute atomic E-state index is 14.0. The van der Waals surface area contributed by atoms with Gasteiger partial charge in [-0.1, -0.05) is 0 Å². The first-order chi connectivity index (χ1) is 9.47. The fraction of sp³-hybridized carbons (Fsp3) is 0.250. The summed E-state index contributed by atoms with van der Waals surface area (Å²) >= 11 is 0. The van der Waals surface area contributed by atoms with E-state index in [4.69, 9.17) is 0 Å². The average Bonchev–Trinajstić information content (AvgIpc) is 2.45. The molecule has 1 aromatic heterocycles. The molecule has 1 heterocycles. The zero-order valence-electron chi connectivity index (χ0n) is 10.7. The minimum absolute atomic E-state index is 0.610. The van der Waals surface area contributed by atoms with Gasteiger partial charge in [0, 0.05) is 0 Å². The lowest BCUT2D eigenvalue weighted by atomic mass is 10.1. The fourth-order valence-electron chi connectivity index (χ4n) is 1.80. The number of rotatable bonds is 3. The largest absolute Gasteiger partial charge is 0.493 e. The van der Waals surface area contributed by atoms with Crippen LogP contribution in [0.15, 0.2) is 0 Å². The van der Waals surface area contributed by atoms with Crippen LogP contribution in [0.3, 0.4) is 0 Å². The summed E-state index contributed by atoms with van der Waals surface area (Å²) in [5.41, 5.74) is -0.657. The Kier molecular flexibility index (Phi) is 3.56. The average molecular weight is 291 g/mol. The Morgan fingerprint density at radius 3 is 1.80 bits per heavy atom. The minimum atomic E-state index is -1.60. The number of halogens is 4. The van der Waals surface area contributed by atoms with Crippen LogP contribution in [0, 0.1) is 23.3 Å². The van der Waals surface area contributed by atoms with Crippen LogP contribution in [0.25, 0.3) is 10.9 Å². The summed E-state index contributed by atoms with van der Waals surface area (Å²) in [6.07, 6.45) is 0. The summed E-state index contributed by atoms with van der Waals surface area (Å²) in [7, 11) is 3.08. The normalized spacial score (nSPS) is 10.8. The van der Waals surface area contributed by atoms with Crippen LogP contribution in [0.1, 0.15) is 0 Å². The summed E-state index contributed by atoms with van der Waals surface area (Å²) in [5.74, 6) is -7.83. The van der Waals surface area contributed by atoms with Gasteiger partial charge in [0.2, 0.25) is 11.6 Å². The standard InChI is InChI=1S/C12H9F4NO3/c1-18-10-4-5(13)6(14)11(19-2)7(15)9(4)17-12(20-3)8(10)16/h1-3H3. The van der Waals surface area contributed by atoms with Crippen LogP contribution in [0.2, 0.25) is 0 Å². The highest BCUT2D eigenvalue weighted by molar-refractivity contribution is 5.88. The third-order valence-electron chi connectivity index (χ3n) is 2.68. The van der Waals surface area contributed by atoms with Gasteiger partial charge in [0.1, 0.15) is 5.52 Å². The zero-order valence-corrected chi connectivity index (χ0v) is 10.7. The van der Waals surface area contributed by atoms with E-state index < -0.39 is 51.6 Å². The van der Waals surface area contributed by atoms with Crippen molar-refractivity contribution in [2.45, 2.75) is 0 Å². The molecule has 0 radical (unpaired) electrons. The SMILES string of the molecule is COc1nc2c(F)c(OC)c(F)c(F)c2c(OC)c1F. The highest BCUT2D eigenvalue weighted by Crippen LogP contribution is 2.40. The molecular weight excluding hydrogens is 282 g/mol. The molecule has 108 valence electrons. The molecule has 2 aromatic rings. The molecule has 0 bridgehead atoms. The van der Waals surface area contributed by atoms with Gasteiger partial charge < -0.3 is 14.2 Å². The van der Waals surface area contributed by atoms with Crippen molar-refractivity contribution in [1.29, 1.82) is 0 Å². The summed E-state index contributed by atoms with van der Waals surface area (Å²) in [6, 6.07) is 0. The Bertz CT molecular complexity index is 691. The lowest BCUT2D eigenvalue weighted by molar-refractivity contribution is 0.335. The number of methoxy groups -OCH3 is 3. The first kappa shape index (κ1) is 14.2. The van der Waals surface area contributed by atoms with Gasteiger partial charge in [-0.15, -0.1) is 0 Å². The molecule has 0 aliphatic heterocycles. The first-order valence-corrected chi connectivity index (χ1v) is 5.29. The van der Waals surface area contributed by atoms with Crippen molar-refractivity contribution in [3.63, 3.8) is 0 Å². The van der Waals surface area contributed by atoms with E-state index >= 15 is 0 Å². The number of hydrogen-bond donors (Lipinski definition) is 0. The minimum Gasteiger partial charge on any atom is -0.493 e. The zero-order chi connectivity index (χ0) is 15.0. The lowest BCUT2D eigenvalue weighted by Crippen LogP contribution is -2.05. The fourth-order valence-corrected chi connectivity index (χ4v) is 1.80. The lowest BCUT2D eigenvalue weighted by Gasteiger charge is -2.13. The van der Waals surface area contributed by atoms with Crippen LogP contribution >= 0.6 is 0 Å². The third-order valence-corrected chi connectivity index (χ3v) is 2.68. The number of benzene rings is 1. The van der Waals surface area contributed by atoms with Gasteiger partial charge in [-0.25, -0.2) is 13.8 Å². The van der Waals surface area contributed by atoms with E-state index in [1.807, 2.05) is 0 Å². The van der Waals surface area contributed by atoms with E-state index in [1.165, 1.54) is 0 Å². The summed E-state index contributed by atoms with van der Waals surface area (Å²) in [5, 5.41) is -0.762. The van der Waals surface area contributed by atoms with Gasteiger partial charge in [-0.3, -0.25) is 0 Å². The van der Waals surface area contributed by atoms with Crippen LogP contribution < -0.4 is 14.2 Å². The van der Waals surface area contributed by atoms with Crippen molar-refractivity contribution in [3.8, 4) is 17.4 Å². The second-order valence-corrected chi connectivity index (χ2v) is 3.67. The molecule has 0 amide bonds. The van der Waals surface area contributed by atoms with Gasteiger partial charge >= 0.3 is 0 Å². The molecule has 20 heavy (non-hydrogen) atoms. The Hall–Kier alpha value is -2.25. The van der Waals surface area contributed by atoms with Crippen molar-refractivity contribution >= 4 is 10.9 Å². The van der Waals surface area contributed by atoms with Crippen LogP contribution in [0.5, 0.6) is 17.4 Å². The van der Waals surface area contributed by atoms with E-state index in [0.29, 0.717) is 0 Å². The van der Waals surface area contributed by atoms with Crippen LogP contribution in [-0.2, 0) is 0 Å². The predicted octanol–water partition coefficient (Wildman–Crippen LogP) is 2.82. The molecule has 0 aliphatic carbocycles. The molecule has 8 heteroatoms. The molecule has 1 aromatic carbocycles. The molecule has 2 rings (SSSR count). The summed E-state index contributed by atoms with van der Waals surface area (Å²) in [4.78, 5) is 3.47. The molecule has 0 saturated carbocycles. The van der Waals surface area contributed by atoms with Crippen molar-refractivity contribution in [2.75, 3.05) is 21.3 Å². The molecule has 0 saturated heterocycles. The van der Waals surface area contributed by atoms with Gasteiger partial charge in [0.25, 0.3) is 5.88 Å². The van der Waals surface area contributed by atoms with Crippen molar-refractivity contribution in [3.05, 3.63) is 23.3 Å². The second kappa shape index (κ2) is 5.03.